The Kier molecular flexibility index (Phi) is 3.33. The highest BCUT2D eigenvalue weighted by Gasteiger charge is 2.48. The van der Waals surface area contributed by atoms with Crippen LogP contribution in [0.1, 0.15) is 47.0 Å². The van der Waals surface area contributed by atoms with Crippen molar-refractivity contribution in [1.82, 2.24) is 4.90 Å². The largest absolute Gasteiger partial charge is 0.329 e. The van der Waals surface area contributed by atoms with Crippen molar-refractivity contribution < 1.29 is 0 Å². The van der Waals surface area contributed by atoms with Crippen molar-refractivity contribution in [2.75, 3.05) is 13.1 Å². The van der Waals surface area contributed by atoms with Gasteiger partial charge >= 0.3 is 0 Å². The van der Waals surface area contributed by atoms with Gasteiger partial charge in [-0.05, 0) is 50.9 Å². The van der Waals surface area contributed by atoms with Crippen LogP contribution in [0.5, 0.6) is 0 Å². The highest BCUT2D eigenvalue weighted by Crippen LogP contribution is 2.45. The molecule has 0 radical (unpaired) electrons. The lowest BCUT2D eigenvalue weighted by atomic mass is 9.80. The van der Waals surface area contributed by atoms with Gasteiger partial charge < -0.3 is 5.73 Å². The maximum atomic E-state index is 6.09. The van der Waals surface area contributed by atoms with Crippen LogP contribution in [-0.4, -0.2) is 29.6 Å². The third-order valence-electron chi connectivity index (χ3n) is 5.12. The van der Waals surface area contributed by atoms with Gasteiger partial charge in [-0.1, -0.05) is 13.8 Å². The second-order valence-electron chi connectivity index (χ2n) is 6.55. The number of likely N-dealkylation sites (tertiary alicyclic amines) is 1. The molecule has 1 aliphatic carbocycles. The van der Waals surface area contributed by atoms with Crippen molar-refractivity contribution in [2.24, 2.45) is 23.5 Å². The second kappa shape index (κ2) is 4.30. The van der Waals surface area contributed by atoms with Gasteiger partial charge in [-0.15, -0.1) is 0 Å². The molecule has 1 heterocycles. The van der Waals surface area contributed by atoms with Crippen LogP contribution >= 0.6 is 0 Å². The molecular weight excluding hydrogens is 196 g/mol. The highest BCUT2D eigenvalue weighted by atomic mass is 15.3. The van der Waals surface area contributed by atoms with Crippen LogP contribution in [0.25, 0.3) is 0 Å². The van der Waals surface area contributed by atoms with Crippen LogP contribution in [0.4, 0.5) is 0 Å². The zero-order valence-corrected chi connectivity index (χ0v) is 11.4. The molecule has 0 aromatic carbocycles. The zero-order valence-electron chi connectivity index (χ0n) is 11.4. The first kappa shape index (κ1) is 12.4. The van der Waals surface area contributed by atoms with Crippen molar-refractivity contribution in [2.45, 2.75) is 58.5 Å². The summed E-state index contributed by atoms with van der Waals surface area (Å²) in [6.07, 6.45) is 4.16. The van der Waals surface area contributed by atoms with E-state index in [-0.39, 0.29) is 5.54 Å². The minimum atomic E-state index is 0.266. The van der Waals surface area contributed by atoms with Crippen molar-refractivity contribution in [3.63, 3.8) is 0 Å². The van der Waals surface area contributed by atoms with Gasteiger partial charge in [0.25, 0.3) is 0 Å². The van der Waals surface area contributed by atoms with E-state index in [0.717, 1.165) is 24.3 Å². The Bertz CT molecular complexity index is 249. The molecule has 0 spiro atoms. The Balaban J connectivity index is 2.16. The fourth-order valence-electron chi connectivity index (χ4n) is 3.61. The summed E-state index contributed by atoms with van der Waals surface area (Å²) >= 11 is 0. The Labute approximate surface area is 101 Å². The van der Waals surface area contributed by atoms with Crippen molar-refractivity contribution >= 4 is 0 Å². The van der Waals surface area contributed by atoms with E-state index in [1.165, 1.54) is 25.8 Å². The van der Waals surface area contributed by atoms with Crippen LogP contribution in [0.2, 0.25) is 0 Å². The summed E-state index contributed by atoms with van der Waals surface area (Å²) in [7, 11) is 0. The number of piperidine rings is 1. The summed E-state index contributed by atoms with van der Waals surface area (Å²) in [5.41, 5.74) is 6.36. The average Bonchev–Trinajstić information content (AvgIpc) is 3.06. The monoisotopic (exact) mass is 224 g/mol. The Morgan fingerprint density at radius 1 is 1.25 bits per heavy atom. The van der Waals surface area contributed by atoms with Crippen LogP contribution in [-0.2, 0) is 0 Å². The van der Waals surface area contributed by atoms with Crippen LogP contribution in [0.3, 0.4) is 0 Å². The number of rotatable bonds is 3. The summed E-state index contributed by atoms with van der Waals surface area (Å²) < 4.78 is 0. The Morgan fingerprint density at radius 2 is 1.88 bits per heavy atom. The topological polar surface area (TPSA) is 29.3 Å². The molecule has 4 unspecified atom stereocenters. The summed E-state index contributed by atoms with van der Waals surface area (Å²) in [5, 5.41) is 0. The average molecular weight is 224 g/mol. The van der Waals surface area contributed by atoms with Gasteiger partial charge in [0.15, 0.2) is 0 Å². The SMILES string of the molecule is CC1CC(C)C(C)N(C(C)(CN)C2CC2)C1. The number of hydrogen-bond donors (Lipinski definition) is 1. The Morgan fingerprint density at radius 3 is 2.38 bits per heavy atom. The molecule has 1 saturated carbocycles. The maximum Gasteiger partial charge on any atom is 0.0334 e. The minimum Gasteiger partial charge on any atom is -0.329 e. The molecule has 16 heavy (non-hydrogen) atoms. The molecule has 0 bridgehead atoms. The lowest BCUT2D eigenvalue weighted by Crippen LogP contribution is -2.61. The normalized spacial score (nSPS) is 40.7. The number of hydrogen-bond acceptors (Lipinski definition) is 2. The van der Waals surface area contributed by atoms with Gasteiger partial charge in [-0.25, -0.2) is 0 Å². The van der Waals surface area contributed by atoms with Crippen molar-refractivity contribution in [3.05, 3.63) is 0 Å². The summed E-state index contributed by atoms with van der Waals surface area (Å²) in [4.78, 5) is 2.73. The first-order chi connectivity index (χ1) is 7.49. The molecule has 0 aromatic rings. The number of nitrogens with zero attached hydrogens (tertiary/aromatic N) is 1. The molecular formula is C14H28N2. The molecule has 2 nitrogen and oxygen atoms in total. The molecule has 4 atom stereocenters. The first-order valence-corrected chi connectivity index (χ1v) is 6.96. The summed E-state index contributed by atoms with van der Waals surface area (Å²) in [6, 6.07) is 0.699. The third-order valence-corrected chi connectivity index (χ3v) is 5.12. The van der Waals surface area contributed by atoms with E-state index in [0.29, 0.717) is 6.04 Å². The molecule has 1 aliphatic heterocycles. The van der Waals surface area contributed by atoms with E-state index in [9.17, 15) is 0 Å². The summed E-state index contributed by atoms with van der Waals surface area (Å²) in [5.74, 6) is 2.50. The van der Waals surface area contributed by atoms with Gasteiger partial charge in [-0.3, -0.25) is 4.90 Å². The van der Waals surface area contributed by atoms with Gasteiger partial charge in [0.1, 0.15) is 0 Å². The third kappa shape index (κ3) is 2.02. The van der Waals surface area contributed by atoms with Crippen LogP contribution in [0.15, 0.2) is 0 Å². The van der Waals surface area contributed by atoms with E-state index in [1.807, 2.05) is 0 Å². The molecule has 1 saturated heterocycles. The molecule has 2 heteroatoms. The molecule has 2 fully saturated rings. The molecule has 2 N–H and O–H groups in total. The maximum absolute atomic E-state index is 6.09. The van der Waals surface area contributed by atoms with Gasteiger partial charge in [-0.2, -0.15) is 0 Å². The second-order valence-corrected chi connectivity index (χ2v) is 6.55. The first-order valence-electron chi connectivity index (χ1n) is 6.96. The van der Waals surface area contributed by atoms with Gasteiger partial charge in [0.2, 0.25) is 0 Å². The fraction of sp³-hybridized carbons (Fsp3) is 1.00. The van der Waals surface area contributed by atoms with Gasteiger partial charge in [0, 0.05) is 24.7 Å². The fourth-order valence-corrected chi connectivity index (χ4v) is 3.61. The Hall–Kier alpha value is -0.0800. The minimum absolute atomic E-state index is 0.266. The number of nitrogens with two attached hydrogens (primary N) is 1. The highest BCUT2D eigenvalue weighted by molar-refractivity contribution is 5.03. The van der Waals surface area contributed by atoms with E-state index in [1.54, 1.807) is 0 Å². The standard InChI is InChI=1S/C14H28N2/c1-10-7-11(2)12(3)16(8-10)14(4,9-15)13-5-6-13/h10-13H,5-9,15H2,1-4H3. The smallest absolute Gasteiger partial charge is 0.0334 e. The van der Waals surface area contributed by atoms with E-state index < -0.39 is 0 Å². The molecule has 0 amide bonds. The summed E-state index contributed by atoms with van der Waals surface area (Å²) in [6.45, 7) is 11.6. The predicted molar refractivity (Wildman–Crippen MR) is 69.3 cm³/mol. The molecule has 94 valence electrons. The van der Waals surface area contributed by atoms with Crippen molar-refractivity contribution in [1.29, 1.82) is 0 Å². The van der Waals surface area contributed by atoms with Crippen LogP contribution < -0.4 is 5.73 Å². The quantitative estimate of drug-likeness (QED) is 0.798. The molecule has 2 rings (SSSR count). The molecule has 0 aromatic heterocycles. The zero-order chi connectivity index (χ0) is 11.9. The predicted octanol–water partition coefficient (Wildman–Crippen LogP) is 2.48. The lowest BCUT2D eigenvalue weighted by Gasteiger charge is -2.51. The van der Waals surface area contributed by atoms with Gasteiger partial charge in [0.05, 0.1) is 0 Å². The van der Waals surface area contributed by atoms with Crippen molar-refractivity contribution in [3.8, 4) is 0 Å². The lowest BCUT2D eigenvalue weighted by molar-refractivity contribution is -0.0183. The van der Waals surface area contributed by atoms with Crippen LogP contribution in [0, 0.1) is 17.8 Å². The van der Waals surface area contributed by atoms with E-state index >= 15 is 0 Å². The van der Waals surface area contributed by atoms with E-state index in [4.69, 9.17) is 5.73 Å². The van der Waals surface area contributed by atoms with E-state index in [2.05, 4.69) is 32.6 Å². The molecule has 2 aliphatic rings.